The van der Waals surface area contributed by atoms with Crippen molar-refractivity contribution in [2.24, 2.45) is 0 Å². The van der Waals surface area contributed by atoms with Crippen molar-refractivity contribution in [3.05, 3.63) is 42.5 Å². The number of hydrogen-bond acceptors (Lipinski definition) is 3. The Morgan fingerprint density at radius 1 is 1.62 bits per heavy atom. The standard InChI is InChI=1S/C16H22N2O3/c1-3-7-17-16(19)18-8-9-20-15(11-18)12-21-14-6-4-5-13(2)10-14/h3-6,10,15H,1,7-9,11-12H2,2H3,(H,17,19)/t15-/m1/s1. The van der Waals surface area contributed by atoms with Gasteiger partial charge < -0.3 is 19.7 Å². The zero-order valence-corrected chi connectivity index (χ0v) is 12.4. The second kappa shape index (κ2) is 7.69. The van der Waals surface area contributed by atoms with Crippen molar-refractivity contribution in [3.8, 4) is 5.75 Å². The number of rotatable bonds is 5. The van der Waals surface area contributed by atoms with Gasteiger partial charge >= 0.3 is 6.03 Å². The Kier molecular flexibility index (Phi) is 5.63. The molecular weight excluding hydrogens is 268 g/mol. The molecule has 0 spiro atoms. The molecule has 0 unspecified atom stereocenters. The van der Waals surface area contributed by atoms with Crippen LogP contribution in [0.4, 0.5) is 4.79 Å². The number of morpholine rings is 1. The second-order valence-corrected chi connectivity index (χ2v) is 5.04. The summed E-state index contributed by atoms with van der Waals surface area (Å²) in [4.78, 5) is 13.6. The zero-order valence-electron chi connectivity index (χ0n) is 12.4. The molecule has 5 heteroatoms. The molecule has 1 heterocycles. The van der Waals surface area contributed by atoms with Gasteiger partial charge in [0, 0.05) is 13.1 Å². The van der Waals surface area contributed by atoms with Gasteiger partial charge in [0.2, 0.25) is 0 Å². The van der Waals surface area contributed by atoms with Gasteiger partial charge in [-0.1, -0.05) is 18.2 Å². The number of aryl methyl sites for hydroxylation is 1. The fraction of sp³-hybridized carbons (Fsp3) is 0.438. The van der Waals surface area contributed by atoms with Crippen molar-refractivity contribution < 1.29 is 14.3 Å². The Morgan fingerprint density at radius 3 is 3.24 bits per heavy atom. The number of carbonyl (C=O) groups is 1. The average Bonchev–Trinajstić information content (AvgIpc) is 2.51. The predicted octanol–water partition coefficient (Wildman–Crippen LogP) is 1.97. The van der Waals surface area contributed by atoms with E-state index < -0.39 is 0 Å². The number of hydrogen-bond donors (Lipinski definition) is 1. The number of benzene rings is 1. The molecule has 1 aromatic rings. The van der Waals surface area contributed by atoms with Crippen LogP contribution in [0.3, 0.4) is 0 Å². The van der Waals surface area contributed by atoms with Gasteiger partial charge in [-0.3, -0.25) is 0 Å². The highest BCUT2D eigenvalue weighted by Gasteiger charge is 2.24. The number of carbonyl (C=O) groups excluding carboxylic acids is 1. The largest absolute Gasteiger partial charge is 0.491 e. The molecule has 1 atom stereocenters. The quantitative estimate of drug-likeness (QED) is 0.844. The molecule has 1 saturated heterocycles. The van der Waals surface area contributed by atoms with Crippen molar-refractivity contribution in [2.75, 3.05) is 32.8 Å². The molecule has 0 bridgehead atoms. The molecule has 0 radical (unpaired) electrons. The number of urea groups is 1. The molecule has 1 N–H and O–H groups in total. The lowest BCUT2D eigenvalue weighted by atomic mass is 10.2. The van der Waals surface area contributed by atoms with Crippen molar-refractivity contribution in [1.29, 1.82) is 0 Å². The van der Waals surface area contributed by atoms with Crippen LogP contribution in [0.5, 0.6) is 5.75 Å². The molecule has 0 saturated carbocycles. The van der Waals surface area contributed by atoms with Gasteiger partial charge in [-0.25, -0.2) is 4.79 Å². The number of amides is 2. The molecular formula is C16H22N2O3. The SMILES string of the molecule is C=CCNC(=O)N1CCO[C@@H](COc2cccc(C)c2)C1. The van der Waals surface area contributed by atoms with E-state index in [1.807, 2.05) is 31.2 Å². The first-order valence-corrected chi connectivity index (χ1v) is 7.14. The van der Waals surface area contributed by atoms with Gasteiger partial charge in [0.25, 0.3) is 0 Å². The fourth-order valence-corrected chi connectivity index (χ4v) is 2.17. The summed E-state index contributed by atoms with van der Waals surface area (Å²) in [6, 6.07) is 7.80. The van der Waals surface area contributed by atoms with Gasteiger partial charge in [-0.2, -0.15) is 0 Å². The van der Waals surface area contributed by atoms with E-state index in [9.17, 15) is 4.79 Å². The van der Waals surface area contributed by atoms with E-state index in [-0.39, 0.29) is 12.1 Å². The summed E-state index contributed by atoms with van der Waals surface area (Å²) in [5.41, 5.74) is 1.16. The maximum atomic E-state index is 11.9. The van der Waals surface area contributed by atoms with Crippen LogP contribution in [0.25, 0.3) is 0 Å². The molecule has 21 heavy (non-hydrogen) atoms. The van der Waals surface area contributed by atoms with Gasteiger partial charge in [-0.05, 0) is 24.6 Å². The van der Waals surface area contributed by atoms with E-state index in [0.29, 0.717) is 32.8 Å². The van der Waals surface area contributed by atoms with Gasteiger partial charge in [0.15, 0.2) is 0 Å². The Bertz CT molecular complexity index is 490. The van der Waals surface area contributed by atoms with E-state index >= 15 is 0 Å². The Morgan fingerprint density at radius 2 is 2.48 bits per heavy atom. The monoisotopic (exact) mass is 290 g/mol. The third kappa shape index (κ3) is 4.79. The molecule has 5 nitrogen and oxygen atoms in total. The first-order chi connectivity index (χ1) is 10.2. The van der Waals surface area contributed by atoms with Gasteiger partial charge in [0.1, 0.15) is 18.5 Å². The third-order valence-corrected chi connectivity index (χ3v) is 3.25. The van der Waals surface area contributed by atoms with Crippen LogP contribution in [0.15, 0.2) is 36.9 Å². The summed E-state index contributed by atoms with van der Waals surface area (Å²) in [6.45, 7) is 8.19. The summed E-state index contributed by atoms with van der Waals surface area (Å²) >= 11 is 0. The molecule has 0 aromatic heterocycles. The first-order valence-electron chi connectivity index (χ1n) is 7.14. The highest BCUT2D eigenvalue weighted by Crippen LogP contribution is 2.14. The lowest BCUT2D eigenvalue weighted by Crippen LogP contribution is -2.51. The van der Waals surface area contributed by atoms with Crippen molar-refractivity contribution in [2.45, 2.75) is 13.0 Å². The molecule has 2 amide bonds. The fourth-order valence-electron chi connectivity index (χ4n) is 2.17. The summed E-state index contributed by atoms with van der Waals surface area (Å²) in [6.07, 6.45) is 1.56. The lowest BCUT2D eigenvalue weighted by molar-refractivity contribution is -0.0351. The number of nitrogens with one attached hydrogen (secondary N) is 1. The highest BCUT2D eigenvalue weighted by molar-refractivity contribution is 5.74. The Labute approximate surface area is 125 Å². The summed E-state index contributed by atoms with van der Waals surface area (Å²) in [5.74, 6) is 0.826. The zero-order chi connectivity index (χ0) is 15.1. The molecule has 2 rings (SSSR count). The van der Waals surface area contributed by atoms with Crippen LogP contribution in [-0.4, -0.2) is 49.9 Å². The number of ether oxygens (including phenoxy) is 2. The smallest absolute Gasteiger partial charge is 0.317 e. The van der Waals surface area contributed by atoms with E-state index in [2.05, 4.69) is 11.9 Å². The molecule has 0 aliphatic carbocycles. The second-order valence-electron chi connectivity index (χ2n) is 5.04. The summed E-state index contributed by atoms with van der Waals surface area (Å²) < 4.78 is 11.4. The van der Waals surface area contributed by atoms with Crippen molar-refractivity contribution in [1.82, 2.24) is 10.2 Å². The van der Waals surface area contributed by atoms with Gasteiger partial charge in [-0.15, -0.1) is 6.58 Å². The van der Waals surface area contributed by atoms with Crippen LogP contribution in [0.1, 0.15) is 5.56 Å². The van der Waals surface area contributed by atoms with Gasteiger partial charge in [0.05, 0.1) is 13.2 Å². The minimum atomic E-state index is -0.103. The molecule has 1 fully saturated rings. The van der Waals surface area contributed by atoms with E-state index in [0.717, 1.165) is 11.3 Å². The van der Waals surface area contributed by atoms with Crippen molar-refractivity contribution >= 4 is 6.03 Å². The molecule has 1 aliphatic heterocycles. The Hall–Kier alpha value is -2.01. The molecule has 1 aromatic carbocycles. The normalized spacial score (nSPS) is 18.1. The van der Waals surface area contributed by atoms with Crippen LogP contribution < -0.4 is 10.1 Å². The maximum absolute atomic E-state index is 11.9. The minimum Gasteiger partial charge on any atom is -0.491 e. The van der Waals surface area contributed by atoms with E-state index in [1.165, 1.54) is 0 Å². The number of nitrogens with zero attached hydrogens (tertiary/aromatic N) is 1. The summed E-state index contributed by atoms with van der Waals surface area (Å²) in [7, 11) is 0. The third-order valence-electron chi connectivity index (χ3n) is 3.25. The Balaban J connectivity index is 1.81. The minimum absolute atomic E-state index is 0.0845. The van der Waals surface area contributed by atoms with Crippen LogP contribution in [0.2, 0.25) is 0 Å². The molecule has 114 valence electrons. The van der Waals surface area contributed by atoms with Crippen molar-refractivity contribution in [3.63, 3.8) is 0 Å². The lowest BCUT2D eigenvalue weighted by Gasteiger charge is -2.32. The van der Waals surface area contributed by atoms with Crippen LogP contribution >= 0.6 is 0 Å². The highest BCUT2D eigenvalue weighted by atomic mass is 16.5. The average molecular weight is 290 g/mol. The maximum Gasteiger partial charge on any atom is 0.317 e. The van der Waals surface area contributed by atoms with Crippen LogP contribution in [0, 0.1) is 6.92 Å². The first kappa shape index (κ1) is 15.4. The van der Waals surface area contributed by atoms with E-state index in [1.54, 1.807) is 11.0 Å². The van der Waals surface area contributed by atoms with E-state index in [4.69, 9.17) is 9.47 Å². The van der Waals surface area contributed by atoms with Crippen LogP contribution in [-0.2, 0) is 4.74 Å². The molecule has 1 aliphatic rings. The summed E-state index contributed by atoms with van der Waals surface area (Å²) in [5, 5.41) is 2.78. The predicted molar refractivity (Wildman–Crippen MR) is 81.6 cm³/mol. The topological polar surface area (TPSA) is 50.8 Å².